The maximum atomic E-state index is 12.2. The monoisotopic (exact) mass is 175 g/mol. The van der Waals surface area contributed by atoms with Gasteiger partial charge in [-0.2, -0.15) is 22.0 Å². The molecule has 1 saturated carbocycles. The summed E-state index contributed by atoms with van der Waals surface area (Å²) in [5, 5.41) is 0. The van der Waals surface area contributed by atoms with E-state index < -0.39 is 24.1 Å². The van der Waals surface area contributed by atoms with E-state index in [9.17, 15) is 22.0 Å². The van der Waals surface area contributed by atoms with Crippen LogP contribution in [0.2, 0.25) is 0 Å². The fourth-order valence-electron chi connectivity index (χ4n) is 0.842. The number of alkyl halides is 5. The second-order valence-corrected chi connectivity index (χ2v) is 2.63. The molecule has 0 radical (unpaired) electrons. The molecule has 6 heteroatoms. The molecule has 11 heavy (non-hydrogen) atoms. The molecule has 2 atom stereocenters. The second-order valence-electron chi connectivity index (χ2n) is 2.63. The van der Waals surface area contributed by atoms with E-state index in [4.69, 9.17) is 5.73 Å². The van der Waals surface area contributed by atoms with Crippen LogP contribution in [0.15, 0.2) is 0 Å². The zero-order valence-corrected chi connectivity index (χ0v) is 5.33. The van der Waals surface area contributed by atoms with Crippen LogP contribution in [0.3, 0.4) is 0 Å². The summed E-state index contributed by atoms with van der Waals surface area (Å²) in [4.78, 5) is 0. The van der Waals surface area contributed by atoms with Crippen LogP contribution in [0.1, 0.15) is 6.42 Å². The second kappa shape index (κ2) is 2.06. The van der Waals surface area contributed by atoms with Gasteiger partial charge in [0.1, 0.15) is 0 Å². The summed E-state index contributed by atoms with van der Waals surface area (Å²) < 4.78 is 58.8. The molecule has 0 heterocycles. The minimum absolute atomic E-state index is 0.244. The third kappa shape index (κ3) is 1.31. The van der Waals surface area contributed by atoms with Crippen molar-refractivity contribution in [1.82, 2.24) is 0 Å². The highest BCUT2D eigenvalue weighted by atomic mass is 19.4. The van der Waals surface area contributed by atoms with Gasteiger partial charge in [0, 0.05) is 12.0 Å². The number of hydrogen-bond acceptors (Lipinski definition) is 1. The molecule has 66 valence electrons. The molecule has 0 aliphatic heterocycles. The van der Waals surface area contributed by atoms with E-state index in [1.54, 1.807) is 0 Å². The molecule has 0 spiro atoms. The molecule has 0 amide bonds. The maximum absolute atomic E-state index is 12.2. The Labute approximate surface area is 59.4 Å². The highest BCUT2D eigenvalue weighted by Crippen LogP contribution is 2.50. The molecule has 1 rings (SSSR count). The molecule has 0 aromatic heterocycles. The first kappa shape index (κ1) is 8.70. The average molecular weight is 175 g/mol. The van der Waals surface area contributed by atoms with Gasteiger partial charge >= 0.3 is 12.1 Å². The molecule has 2 N–H and O–H groups in total. The Morgan fingerprint density at radius 3 is 1.55 bits per heavy atom. The summed E-state index contributed by atoms with van der Waals surface area (Å²) in [6, 6.07) is -0.994. The van der Waals surface area contributed by atoms with E-state index in [1.807, 2.05) is 0 Å². The van der Waals surface area contributed by atoms with Crippen LogP contribution in [0, 0.1) is 5.92 Å². The highest BCUT2D eigenvalue weighted by Gasteiger charge is 2.68. The molecule has 0 aromatic carbocycles. The molecular formula is C5H6F5N. The number of rotatable bonds is 1. The first-order valence-electron chi connectivity index (χ1n) is 2.97. The fraction of sp³-hybridized carbons (Fsp3) is 1.00. The van der Waals surface area contributed by atoms with Gasteiger partial charge < -0.3 is 5.73 Å². The summed E-state index contributed by atoms with van der Waals surface area (Å²) in [7, 11) is 0. The summed E-state index contributed by atoms with van der Waals surface area (Å²) in [5.41, 5.74) is 4.87. The summed E-state index contributed by atoms with van der Waals surface area (Å²) >= 11 is 0. The van der Waals surface area contributed by atoms with Gasteiger partial charge in [0.25, 0.3) is 0 Å². The van der Waals surface area contributed by atoms with Crippen molar-refractivity contribution < 1.29 is 22.0 Å². The van der Waals surface area contributed by atoms with E-state index >= 15 is 0 Å². The predicted octanol–water partition coefficient (Wildman–Crippen LogP) is 1.53. The molecule has 0 saturated heterocycles. The van der Waals surface area contributed by atoms with E-state index in [2.05, 4.69) is 0 Å². The standard InChI is InChI=1S/C5H6F5N/c6-4(7,5(8,9)10)2-1-3(2)11/h2-3H,1,11H2. The zero-order valence-electron chi connectivity index (χ0n) is 5.33. The van der Waals surface area contributed by atoms with Gasteiger partial charge in [0.2, 0.25) is 0 Å². The molecule has 0 aromatic rings. The van der Waals surface area contributed by atoms with Crippen molar-refractivity contribution in [3.63, 3.8) is 0 Å². The summed E-state index contributed by atoms with van der Waals surface area (Å²) in [6.07, 6.45) is -5.70. The third-order valence-corrected chi connectivity index (χ3v) is 1.68. The Morgan fingerprint density at radius 2 is 1.45 bits per heavy atom. The molecular weight excluding hydrogens is 169 g/mol. The van der Waals surface area contributed by atoms with Crippen LogP contribution in [0.4, 0.5) is 22.0 Å². The van der Waals surface area contributed by atoms with Crippen LogP contribution in [-0.2, 0) is 0 Å². The lowest BCUT2D eigenvalue weighted by Crippen LogP contribution is -2.40. The highest BCUT2D eigenvalue weighted by molar-refractivity contribution is 5.02. The lowest BCUT2D eigenvalue weighted by Gasteiger charge is -2.18. The molecule has 1 aliphatic rings. The smallest absolute Gasteiger partial charge is 0.327 e. The van der Waals surface area contributed by atoms with Crippen LogP contribution >= 0.6 is 0 Å². The SMILES string of the molecule is NC1CC1C(F)(F)C(F)(F)F. The Hall–Kier alpha value is -0.390. The van der Waals surface area contributed by atoms with Crippen LogP contribution in [0.25, 0.3) is 0 Å². The molecule has 2 unspecified atom stereocenters. The number of hydrogen-bond donors (Lipinski definition) is 1. The molecule has 0 bridgehead atoms. The summed E-state index contributed by atoms with van der Waals surface area (Å²) in [6.45, 7) is 0. The van der Waals surface area contributed by atoms with Crippen molar-refractivity contribution in [2.24, 2.45) is 11.7 Å². The average Bonchev–Trinajstić information content (AvgIpc) is 2.43. The van der Waals surface area contributed by atoms with E-state index in [-0.39, 0.29) is 6.42 Å². The molecule has 1 aliphatic carbocycles. The van der Waals surface area contributed by atoms with Crippen molar-refractivity contribution in [1.29, 1.82) is 0 Å². The van der Waals surface area contributed by atoms with Gasteiger partial charge in [-0.3, -0.25) is 0 Å². The van der Waals surface area contributed by atoms with E-state index in [0.717, 1.165) is 0 Å². The van der Waals surface area contributed by atoms with Crippen molar-refractivity contribution in [2.45, 2.75) is 24.6 Å². The Bertz CT molecular complexity index is 163. The minimum Gasteiger partial charge on any atom is -0.327 e. The number of nitrogens with two attached hydrogens (primary N) is 1. The van der Waals surface area contributed by atoms with Crippen LogP contribution in [0.5, 0.6) is 0 Å². The summed E-state index contributed by atoms with van der Waals surface area (Å²) in [5.74, 6) is -6.31. The largest absolute Gasteiger partial charge is 0.453 e. The van der Waals surface area contributed by atoms with Gasteiger partial charge in [0.15, 0.2) is 0 Å². The minimum atomic E-state index is -5.45. The Kier molecular flexibility index (Phi) is 1.63. The van der Waals surface area contributed by atoms with Gasteiger partial charge in [-0.15, -0.1) is 0 Å². The fourth-order valence-corrected chi connectivity index (χ4v) is 0.842. The lowest BCUT2D eigenvalue weighted by molar-refractivity contribution is -0.291. The van der Waals surface area contributed by atoms with Crippen LogP contribution < -0.4 is 5.73 Å². The van der Waals surface area contributed by atoms with Gasteiger partial charge in [0.05, 0.1) is 0 Å². The Morgan fingerprint density at radius 1 is 1.09 bits per heavy atom. The quantitative estimate of drug-likeness (QED) is 0.601. The van der Waals surface area contributed by atoms with Crippen molar-refractivity contribution in [3.05, 3.63) is 0 Å². The predicted molar refractivity (Wildman–Crippen MR) is 27.1 cm³/mol. The van der Waals surface area contributed by atoms with E-state index in [1.165, 1.54) is 0 Å². The first-order valence-corrected chi connectivity index (χ1v) is 2.97. The first-order chi connectivity index (χ1) is 4.77. The van der Waals surface area contributed by atoms with Gasteiger partial charge in [-0.05, 0) is 6.42 Å². The van der Waals surface area contributed by atoms with Crippen LogP contribution in [-0.4, -0.2) is 18.1 Å². The topological polar surface area (TPSA) is 26.0 Å². The van der Waals surface area contributed by atoms with Crippen molar-refractivity contribution >= 4 is 0 Å². The Balaban J connectivity index is 2.67. The molecule has 1 nitrogen and oxygen atoms in total. The van der Waals surface area contributed by atoms with E-state index in [0.29, 0.717) is 0 Å². The lowest BCUT2D eigenvalue weighted by atomic mass is 10.2. The van der Waals surface area contributed by atoms with Gasteiger partial charge in [-0.1, -0.05) is 0 Å². The van der Waals surface area contributed by atoms with Crippen molar-refractivity contribution in [3.8, 4) is 0 Å². The maximum Gasteiger partial charge on any atom is 0.453 e. The normalized spacial score (nSPS) is 32.2. The van der Waals surface area contributed by atoms with Gasteiger partial charge in [-0.25, -0.2) is 0 Å². The number of halogens is 5. The third-order valence-electron chi connectivity index (χ3n) is 1.68. The van der Waals surface area contributed by atoms with Crippen molar-refractivity contribution in [2.75, 3.05) is 0 Å². The molecule has 1 fully saturated rings. The zero-order chi connectivity index (χ0) is 8.86.